The van der Waals surface area contributed by atoms with Gasteiger partial charge in [-0.15, -0.1) is 16.4 Å². The summed E-state index contributed by atoms with van der Waals surface area (Å²) in [4.78, 5) is 10.9. The molecule has 0 radical (unpaired) electrons. The van der Waals surface area contributed by atoms with Crippen molar-refractivity contribution in [2.24, 2.45) is 0 Å². The summed E-state index contributed by atoms with van der Waals surface area (Å²) in [6.07, 6.45) is 7.37. The predicted octanol–water partition coefficient (Wildman–Crippen LogP) is 2.82. The molecule has 27 heavy (non-hydrogen) atoms. The lowest BCUT2D eigenvalue weighted by Gasteiger charge is -2.31. The van der Waals surface area contributed by atoms with Crippen molar-refractivity contribution in [2.45, 2.75) is 12.6 Å². The lowest BCUT2D eigenvalue weighted by molar-refractivity contribution is -0.0343. The van der Waals surface area contributed by atoms with Gasteiger partial charge in [0.15, 0.2) is 0 Å². The normalized spacial score (nSPS) is 18.1. The van der Waals surface area contributed by atoms with Crippen molar-refractivity contribution in [3.63, 3.8) is 0 Å². The molecule has 0 aromatic carbocycles. The van der Waals surface area contributed by atoms with E-state index in [2.05, 4.69) is 37.3 Å². The minimum absolute atomic E-state index is 0.0829. The zero-order valence-electron chi connectivity index (χ0n) is 14.6. The molecule has 1 aliphatic heterocycles. The number of nitrogens with zero attached hydrogens (tertiary/aromatic N) is 6. The Morgan fingerprint density at radius 3 is 3.04 bits per heavy atom. The summed E-state index contributed by atoms with van der Waals surface area (Å²) in [5, 5.41) is 11.9. The third kappa shape index (κ3) is 3.34. The van der Waals surface area contributed by atoms with E-state index in [1.54, 1.807) is 17.5 Å². The lowest BCUT2D eigenvalue weighted by atomic mass is 10.1. The molecule has 1 fully saturated rings. The molecule has 5 heterocycles. The summed E-state index contributed by atoms with van der Waals surface area (Å²) in [6.45, 7) is 3.23. The average Bonchev–Trinajstić information content (AvgIpc) is 3.38. The highest BCUT2D eigenvalue weighted by atomic mass is 32.1. The van der Waals surface area contributed by atoms with E-state index >= 15 is 0 Å². The highest BCUT2D eigenvalue weighted by Crippen LogP contribution is 2.27. The van der Waals surface area contributed by atoms with Crippen LogP contribution in [0.4, 0.5) is 0 Å². The van der Waals surface area contributed by atoms with Gasteiger partial charge in [-0.3, -0.25) is 9.88 Å². The number of morpholine rings is 1. The molecular formula is C19H18N6OS. The van der Waals surface area contributed by atoms with Gasteiger partial charge in [-0.1, -0.05) is 17.3 Å². The minimum atomic E-state index is -0.0829. The van der Waals surface area contributed by atoms with Crippen LogP contribution in [0, 0.1) is 0 Å². The second-order valence-corrected chi connectivity index (χ2v) is 7.46. The molecule has 1 saturated heterocycles. The van der Waals surface area contributed by atoms with E-state index in [1.807, 2.05) is 40.6 Å². The molecule has 1 aliphatic rings. The van der Waals surface area contributed by atoms with Crippen molar-refractivity contribution in [3.8, 4) is 11.1 Å². The summed E-state index contributed by atoms with van der Waals surface area (Å²) in [7, 11) is 0. The molecule has 0 unspecified atom stereocenters. The van der Waals surface area contributed by atoms with Gasteiger partial charge in [0.05, 0.1) is 18.7 Å². The molecule has 7 nitrogen and oxygen atoms in total. The van der Waals surface area contributed by atoms with Gasteiger partial charge in [0.1, 0.15) is 16.8 Å². The van der Waals surface area contributed by atoms with Crippen LogP contribution in [0.2, 0.25) is 0 Å². The van der Waals surface area contributed by atoms with Crippen molar-refractivity contribution in [1.29, 1.82) is 0 Å². The molecule has 4 aromatic rings. The van der Waals surface area contributed by atoms with Crippen LogP contribution in [0.5, 0.6) is 0 Å². The first kappa shape index (κ1) is 16.5. The number of hydrogen-bond donors (Lipinski definition) is 0. The van der Waals surface area contributed by atoms with E-state index in [4.69, 9.17) is 4.74 Å². The van der Waals surface area contributed by atoms with Crippen molar-refractivity contribution in [2.75, 3.05) is 19.7 Å². The smallest absolute Gasteiger partial charge is 0.121 e. The number of fused-ring (bicyclic) bond motifs is 1. The summed E-state index contributed by atoms with van der Waals surface area (Å²) in [5.74, 6) is 0. The Morgan fingerprint density at radius 1 is 1.19 bits per heavy atom. The van der Waals surface area contributed by atoms with E-state index in [0.29, 0.717) is 6.61 Å². The minimum Gasteiger partial charge on any atom is -0.369 e. The third-order valence-electron chi connectivity index (χ3n) is 4.73. The number of pyridine rings is 2. The highest BCUT2D eigenvalue weighted by molar-refractivity contribution is 7.09. The zero-order valence-corrected chi connectivity index (χ0v) is 15.4. The maximum absolute atomic E-state index is 6.01. The Balaban J connectivity index is 1.39. The zero-order chi connectivity index (χ0) is 18.1. The molecule has 8 heteroatoms. The summed E-state index contributed by atoms with van der Waals surface area (Å²) < 4.78 is 7.83. The summed E-state index contributed by atoms with van der Waals surface area (Å²) >= 11 is 1.69. The van der Waals surface area contributed by atoms with Gasteiger partial charge in [-0.2, -0.15) is 0 Å². The molecule has 0 aliphatic carbocycles. The molecular weight excluding hydrogens is 360 g/mol. The van der Waals surface area contributed by atoms with E-state index in [0.717, 1.165) is 47.0 Å². The first-order valence-electron chi connectivity index (χ1n) is 8.84. The van der Waals surface area contributed by atoms with Crippen LogP contribution < -0.4 is 0 Å². The Hall–Kier alpha value is -2.68. The third-order valence-corrected chi connectivity index (χ3v) is 5.50. The van der Waals surface area contributed by atoms with Crippen LogP contribution >= 0.6 is 11.3 Å². The molecule has 1 atom stereocenters. The largest absolute Gasteiger partial charge is 0.369 e. The van der Waals surface area contributed by atoms with Crippen LogP contribution in [0.3, 0.4) is 0 Å². The van der Waals surface area contributed by atoms with E-state index in [9.17, 15) is 0 Å². The predicted molar refractivity (Wildman–Crippen MR) is 102 cm³/mol. The van der Waals surface area contributed by atoms with Crippen LogP contribution in [0.25, 0.3) is 16.6 Å². The van der Waals surface area contributed by atoms with Gasteiger partial charge < -0.3 is 4.74 Å². The van der Waals surface area contributed by atoms with Gasteiger partial charge in [0, 0.05) is 54.4 Å². The standard InChI is InChI=1S/C19H18N6OS/c1-2-14(10-20-5-1)15-3-4-16-19(22-23-25(16)11-15)17-12-24(7-8-26-17)13-18-21-6-9-27-18/h1-6,9-11,17H,7-8,12-13H2/t17-/m0/s1. The van der Waals surface area contributed by atoms with Crippen LogP contribution in [-0.4, -0.2) is 49.4 Å². The second kappa shape index (κ2) is 7.15. The molecule has 136 valence electrons. The van der Waals surface area contributed by atoms with Crippen LogP contribution in [-0.2, 0) is 11.3 Å². The number of hydrogen-bond acceptors (Lipinski definition) is 7. The fourth-order valence-corrected chi connectivity index (χ4v) is 4.04. The lowest BCUT2D eigenvalue weighted by Crippen LogP contribution is -2.38. The molecule has 0 N–H and O–H groups in total. The van der Waals surface area contributed by atoms with Gasteiger partial charge in [-0.25, -0.2) is 9.50 Å². The number of thiazole rings is 1. The number of aromatic nitrogens is 5. The van der Waals surface area contributed by atoms with Crippen molar-refractivity contribution >= 4 is 16.9 Å². The number of ether oxygens (including phenoxy) is 1. The molecule has 4 aromatic heterocycles. The Labute approximate surface area is 160 Å². The van der Waals surface area contributed by atoms with Crippen LogP contribution in [0.1, 0.15) is 16.8 Å². The summed E-state index contributed by atoms with van der Waals surface area (Å²) in [5.41, 5.74) is 3.97. The maximum Gasteiger partial charge on any atom is 0.121 e. The quantitative estimate of drug-likeness (QED) is 0.544. The summed E-state index contributed by atoms with van der Waals surface area (Å²) in [6, 6.07) is 8.10. The van der Waals surface area contributed by atoms with Crippen molar-refractivity contribution in [1.82, 2.24) is 29.7 Å². The van der Waals surface area contributed by atoms with Crippen LogP contribution in [0.15, 0.2) is 54.4 Å². The van der Waals surface area contributed by atoms with Gasteiger partial charge in [0.2, 0.25) is 0 Å². The van der Waals surface area contributed by atoms with Gasteiger partial charge in [0.25, 0.3) is 0 Å². The monoisotopic (exact) mass is 378 g/mol. The fourth-order valence-electron chi connectivity index (χ4n) is 3.38. The average molecular weight is 378 g/mol. The first-order chi connectivity index (χ1) is 13.4. The highest BCUT2D eigenvalue weighted by Gasteiger charge is 2.26. The van der Waals surface area contributed by atoms with Gasteiger partial charge in [-0.05, 0) is 12.1 Å². The van der Waals surface area contributed by atoms with Crippen molar-refractivity contribution in [3.05, 3.63) is 65.1 Å². The van der Waals surface area contributed by atoms with Gasteiger partial charge >= 0.3 is 0 Å². The Bertz CT molecular complexity index is 1030. The Morgan fingerprint density at radius 2 is 2.19 bits per heavy atom. The molecule has 0 spiro atoms. The molecule has 0 bridgehead atoms. The molecule has 0 saturated carbocycles. The molecule has 5 rings (SSSR count). The van der Waals surface area contributed by atoms with E-state index < -0.39 is 0 Å². The van der Waals surface area contributed by atoms with Crippen molar-refractivity contribution < 1.29 is 4.74 Å². The van der Waals surface area contributed by atoms with E-state index in [-0.39, 0.29) is 6.10 Å². The SMILES string of the molecule is c1cncc(-c2ccc3c([C@@H]4CN(Cc5nccs5)CCO4)nnn3c2)c1. The fraction of sp³-hybridized carbons (Fsp3) is 0.263. The first-order valence-corrected chi connectivity index (χ1v) is 9.72. The topological polar surface area (TPSA) is 68.4 Å². The number of rotatable bonds is 4. The molecule has 0 amide bonds. The van der Waals surface area contributed by atoms with E-state index in [1.165, 1.54) is 0 Å². The maximum atomic E-state index is 6.01. The second-order valence-electron chi connectivity index (χ2n) is 6.48. The Kier molecular flexibility index (Phi) is 4.36.